The number of amides is 2. The third kappa shape index (κ3) is 3.81. The highest BCUT2D eigenvalue weighted by atomic mass is 16.5. The number of aryl methyl sites for hydroxylation is 2. The van der Waals surface area contributed by atoms with E-state index in [4.69, 9.17) is 4.74 Å². The Hall–Kier alpha value is -3.19. The van der Waals surface area contributed by atoms with Gasteiger partial charge >= 0.3 is 0 Å². The fourth-order valence-electron chi connectivity index (χ4n) is 4.43. The summed E-state index contributed by atoms with van der Waals surface area (Å²) < 4.78 is 5.95. The summed E-state index contributed by atoms with van der Waals surface area (Å²) >= 11 is 0. The lowest BCUT2D eigenvalue weighted by Crippen LogP contribution is -2.60. The molecule has 2 aromatic carbocycles. The van der Waals surface area contributed by atoms with E-state index >= 15 is 0 Å². The Labute approximate surface area is 181 Å². The Morgan fingerprint density at radius 3 is 2.23 bits per heavy atom. The maximum Gasteiger partial charge on any atom is 0.257 e. The van der Waals surface area contributed by atoms with Crippen LogP contribution in [0.2, 0.25) is 0 Å². The molecule has 2 aliphatic rings. The van der Waals surface area contributed by atoms with Crippen LogP contribution in [0, 0.1) is 13.8 Å². The topological polar surface area (TPSA) is 90.0 Å². The highest BCUT2D eigenvalue weighted by Crippen LogP contribution is 2.38. The number of likely N-dealkylation sites (tertiary alicyclic amines) is 1. The summed E-state index contributed by atoms with van der Waals surface area (Å²) in [7, 11) is 0. The van der Waals surface area contributed by atoms with Crippen molar-refractivity contribution in [2.24, 2.45) is 0 Å². The Morgan fingerprint density at radius 2 is 1.61 bits per heavy atom. The molecule has 7 heteroatoms. The molecule has 1 atom stereocenters. The number of hydrogen-bond donors (Lipinski definition) is 0. The lowest BCUT2D eigenvalue weighted by atomic mass is 9.95. The van der Waals surface area contributed by atoms with Gasteiger partial charge in [0, 0.05) is 37.1 Å². The number of piperidine rings is 1. The SMILES string of the molecule is Cc1ccc(C(=O)N2CCC3(CC2)OC[C@@H](C(=O)[O-])N3C(=O)c2ccccc2C)cc1. The van der Waals surface area contributed by atoms with E-state index in [0.717, 1.165) is 11.1 Å². The Bertz CT molecular complexity index is 1010. The van der Waals surface area contributed by atoms with Gasteiger partial charge in [0.05, 0.1) is 18.6 Å². The number of carbonyl (C=O) groups is 3. The molecule has 0 N–H and O–H groups in total. The first-order valence-corrected chi connectivity index (χ1v) is 10.4. The summed E-state index contributed by atoms with van der Waals surface area (Å²) in [5.74, 6) is -1.80. The number of aliphatic carboxylic acids is 1. The summed E-state index contributed by atoms with van der Waals surface area (Å²) in [6, 6.07) is 13.3. The number of carboxylic acids is 1. The molecule has 7 nitrogen and oxygen atoms in total. The molecule has 2 amide bonds. The van der Waals surface area contributed by atoms with E-state index in [1.165, 1.54) is 4.90 Å². The second-order valence-electron chi connectivity index (χ2n) is 8.24. The van der Waals surface area contributed by atoms with Crippen LogP contribution in [-0.4, -0.2) is 59.0 Å². The normalized spacial score (nSPS) is 20.1. The van der Waals surface area contributed by atoms with Gasteiger partial charge in [-0.05, 0) is 37.6 Å². The van der Waals surface area contributed by atoms with E-state index in [-0.39, 0.29) is 18.4 Å². The van der Waals surface area contributed by atoms with E-state index in [9.17, 15) is 19.5 Å². The minimum atomic E-state index is -1.34. The lowest BCUT2D eigenvalue weighted by Gasteiger charge is -2.45. The highest BCUT2D eigenvalue weighted by Gasteiger charge is 2.52. The molecule has 2 aliphatic heterocycles. The van der Waals surface area contributed by atoms with Crippen molar-refractivity contribution in [1.29, 1.82) is 0 Å². The molecule has 4 rings (SSSR count). The largest absolute Gasteiger partial charge is 0.548 e. The van der Waals surface area contributed by atoms with Gasteiger partial charge in [0.2, 0.25) is 0 Å². The average Bonchev–Trinajstić information content (AvgIpc) is 3.13. The fraction of sp³-hybridized carbons (Fsp3) is 0.375. The van der Waals surface area contributed by atoms with Crippen LogP contribution in [0.1, 0.15) is 44.7 Å². The second kappa shape index (κ2) is 8.15. The number of carbonyl (C=O) groups excluding carboxylic acids is 3. The number of rotatable bonds is 3. The summed E-state index contributed by atoms with van der Waals surface area (Å²) in [5.41, 5.74) is 1.82. The number of hydrogen-bond acceptors (Lipinski definition) is 5. The predicted molar refractivity (Wildman–Crippen MR) is 111 cm³/mol. The van der Waals surface area contributed by atoms with Crippen molar-refractivity contribution in [3.63, 3.8) is 0 Å². The van der Waals surface area contributed by atoms with E-state index in [0.29, 0.717) is 37.1 Å². The summed E-state index contributed by atoms with van der Waals surface area (Å²) in [6.07, 6.45) is 0.679. The van der Waals surface area contributed by atoms with Crippen molar-refractivity contribution < 1.29 is 24.2 Å². The number of benzene rings is 2. The molecule has 0 unspecified atom stereocenters. The van der Waals surface area contributed by atoms with E-state index in [2.05, 4.69) is 0 Å². The maximum absolute atomic E-state index is 13.4. The van der Waals surface area contributed by atoms with Crippen LogP contribution in [0.3, 0.4) is 0 Å². The van der Waals surface area contributed by atoms with Gasteiger partial charge in [-0.3, -0.25) is 14.5 Å². The van der Waals surface area contributed by atoms with Gasteiger partial charge in [0.15, 0.2) is 0 Å². The summed E-state index contributed by atoms with van der Waals surface area (Å²) in [5, 5.41) is 11.8. The number of nitrogens with zero attached hydrogens (tertiary/aromatic N) is 2. The van der Waals surface area contributed by atoms with Crippen LogP contribution < -0.4 is 5.11 Å². The van der Waals surface area contributed by atoms with Gasteiger partial charge in [0.25, 0.3) is 11.8 Å². The fourth-order valence-corrected chi connectivity index (χ4v) is 4.43. The lowest BCUT2D eigenvalue weighted by molar-refractivity contribution is -0.310. The van der Waals surface area contributed by atoms with Crippen LogP contribution >= 0.6 is 0 Å². The molecule has 2 saturated heterocycles. The Kier molecular flexibility index (Phi) is 5.54. The first-order valence-electron chi connectivity index (χ1n) is 10.4. The smallest absolute Gasteiger partial charge is 0.257 e. The molecule has 31 heavy (non-hydrogen) atoms. The molecule has 2 aromatic rings. The van der Waals surface area contributed by atoms with Crippen molar-refractivity contribution in [3.05, 3.63) is 70.8 Å². The molecule has 162 valence electrons. The zero-order valence-electron chi connectivity index (χ0n) is 17.7. The Morgan fingerprint density at radius 1 is 0.968 bits per heavy atom. The molecule has 1 spiro atoms. The van der Waals surface area contributed by atoms with Gasteiger partial charge in [0.1, 0.15) is 5.72 Å². The molecule has 0 bridgehead atoms. The molecule has 2 heterocycles. The minimum Gasteiger partial charge on any atom is -0.548 e. The average molecular weight is 421 g/mol. The third-order valence-electron chi connectivity index (χ3n) is 6.26. The first-order chi connectivity index (χ1) is 14.8. The predicted octanol–water partition coefficient (Wildman–Crippen LogP) is 1.53. The zero-order chi connectivity index (χ0) is 22.2. The summed E-state index contributed by atoms with van der Waals surface area (Å²) in [4.78, 5) is 41.1. The summed E-state index contributed by atoms with van der Waals surface area (Å²) in [6.45, 7) is 4.39. The highest BCUT2D eigenvalue weighted by molar-refractivity contribution is 5.98. The van der Waals surface area contributed by atoms with Crippen LogP contribution in [-0.2, 0) is 9.53 Å². The van der Waals surface area contributed by atoms with Gasteiger partial charge in [-0.1, -0.05) is 35.9 Å². The van der Waals surface area contributed by atoms with Crippen molar-refractivity contribution in [1.82, 2.24) is 9.80 Å². The molecule has 0 saturated carbocycles. The maximum atomic E-state index is 13.4. The number of carboxylic acid groups (broad SMARTS) is 1. The quantitative estimate of drug-likeness (QED) is 0.750. The minimum absolute atomic E-state index is 0.0823. The first kappa shape index (κ1) is 21.1. The molecular formula is C24H25N2O5-. The van der Waals surface area contributed by atoms with E-state index in [1.54, 1.807) is 29.2 Å². The van der Waals surface area contributed by atoms with Crippen molar-refractivity contribution in [3.8, 4) is 0 Å². The van der Waals surface area contributed by atoms with Crippen LogP contribution in [0.5, 0.6) is 0 Å². The van der Waals surface area contributed by atoms with Gasteiger partial charge in [-0.25, -0.2) is 0 Å². The van der Waals surface area contributed by atoms with Crippen molar-refractivity contribution in [2.75, 3.05) is 19.7 Å². The van der Waals surface area contributed by atoms with Crippen LogP contribution in [0.15, 0.2) is 48.5 Å². The monoisotopic (exact) mass is 421 g/mol. The second-order valence-corrected chi connectivity index (χ2v) is 8.24. The molecule has 2 fully saturated rings. The van der Waals surface area contributed by atoms with E-state index in [1.807, 2.05) is 38.1 Å². The van der Waals surface area contributed by atoms with Gasteiger partial charge < -0.3 is 19.5 Å². The molecule has 0 aromatic heterocycles. The Balaban J connectivity index is 1.57. The van der Waals surface area contributed by atoms with Crippen LogP contribution in [0.25, 0.3) is 0 Å². The zero-order valence-corrected chi connectivity index (χ0v) is 17.7. The molecule has 0 radical (unpaired) electrons. The van der Waals surface area contributed by atoms with Crippen molar-refractivity contribution >= 4 is 17.8 Å². The van der Waals surface area contributed by atoms with Gasteiger partial charge in [-0.15, -0.1) is 0 Å². The molecular weight excluding hydrogens is 396 g/mol. The third-order valence-corrected chi connectivity index (χ3v) is 6.26. The van der Waals surface area contributed by atoms with Gasteiger partial charge in [-0.2, -0.15) is 0 Å². The van der Waals surface area contributed by atoms with E-state index < -0.39 is 17.7 Å². The number of ether oxygens (including phenoxy) is 1. The van der Waals surface area contributed by atoms with Crippen molar-refractivity contribution in [2.45, 2.75) is 38.5 Å². The van der Waals surface area contributed by atoms with Crippen LogP contribution in [0.4, 0.5) is 0 Å². The standard InChI is InChI=1S/C24H26N2O5/c1-16-7-9-18(10-8-16)21(27)25-13-11-24(12-14-25)26(20(15-31-24)23(29)30)22(28)19-6-4-3-5-17(19)2/h3-10,20H,11-15H2,1-2H3,(H,29,30)/p-1/t20-/m0/s1. The molecule has 0 aliphatic carbocycles.